The molecule has 0 bridgehead atoms. The van der Waals surface area contributed by atoms with Gasteiger partial charge in [0, 0.05) is 10.0 Å². The van der Waals surface area contributed by atoms with Crippen LogP contribution in [0.1, 0.15) is 17.3 Å². The van der Waals surface area contributed by atoms with Gasteiger partial charge in [0.1, 0.15) is 5.57 Å². The predicted molar refractivity (Wildman–Crippen MR) is 59.9 cm³/mol. The molecule has 1 aromatic rings. The summed E-state index contributed by atoms with van der Waals surface area (Å²) in [4.78, 5) is 22.4. The number of carboxylic acid groups (broad SMARTS) is 1. The van der Waals surface area contributed by atoms with Crippen molar-refractivity contribution >= 4 is 27.7 Å². The molecule has 78 valence electrons. The maximum Gasteiger partial charge on any atom is 0.339 e. The summed E-state index contributed by atoms with van der Waals surface area (Å²) < 4.78 is 0.844. The minimum Gasteiger partial charge on any atom is -0.478 e. The van der Waals surface area contributed by atoms with E-state index in [4.69, 9.17) is 5.11 Å². The molecule has 1 aromatic carbocycles. The fourth-order valence-corrected chi connectivity index (χ4v) is 1.37. The summed E-state index contributed by atoms with van der Waals surface area (Å²) in [6, 6.07) is 6.56. The maximum absolute atomic E-state index is 11.7. The molecule has 0 aliphatic carbocycles. The Morgan fingerprint density at radius 3 is 2.20 bits per heavy atom. The van der Waals surface area contributed by atoms with Gasteiger partial charge in [-0.2, -0.15) is 0 Å². The average molecular weight is 269 g/mol. The van der Waals surface area contributed by atoms with E-state index < -0.39 is 11.8 Å². The molecule has 0 atom stereocenters. The first-order valence-electron chi connectivity index (χ1n) is 4.26. The van der Waals surface area contributed by atoms with Crippen LogP contribution >= 0.6 is 15.9 Å². The lowest BCUT2D eigenvalue weighted by Gasteiger charge is -2.01. The largest absolute Gasteiger partial charge is 0.478 e. The quantitative estimate of drug-likeness (QED) is 0.397. The van der Waals surface area contributed by atoms with Crippen LogP contribution in [0.5, 0.6) is 0 Å². The molecule has 0 fully saturated rings. The Hall–Kier alpha value is -1.42. The van der Waals surface area contributed by atoms with Crippen molar-refractivity contribution in [2.24, 2.45) is 0 Å². The highest BCUT2D eigenvalue weighted by Gasteiger charge is 2.17. The van der Waals surface area contributed by atoms with Crippen LogP contribution in [0, 0.1) is 0 Å². The Labute approximate surface area is 95.6 Å². The number of Topliss-reactive ketones (excluding diaryl/α,β-unsaturated/α-hetero) is 1. The summed E-state index contributed by atoms with van der Waals surface area (Å²) in [5.74, 6) is -1.68. The molecule has 3 nitrogen and oxygen atoms in total. The van der Waals surface area contributed by atoms with Crippen molar-refractivity contribution in [3.05, 3.63) is 46.0 Å². The molecule has 0 saturated carbocycles. The second-order valence-corrected chi connectivity index (χ2v) is 3.76. The third kappa shape index (κ3) is 2.76. The Bertz CT molecular complexity index is 418. The van der Waals surface area contributed by atoms with E-state index in [1.807, 2.05) is 0 Å². The van der Waals surface area contributed by atoms with Gasteiger partial charge >= 0.3 is 5.97 Å². The van der Waals surface area contributed by atoms with Crippen LogP contribution in [0.25, 0.3) is 0 Å². The van der Waals surface area contributed by atoms with Crippen LogP contribution < -0.4 is 0 Å². The molecule has 0 aliphatic heterocycles. The monoisotopic (exact) mass is 268 g/mol. The molecule has 0 aliphatic rings. The lowest BCUT2D eigenvalue weighted by Crippen LogP contribution is -2.12. The van der Waals surface area contributed by atoms with Crippen molar-refractivity contribution in [3.8, 4) is 0 Å². The summed E-state index contributed by atoms with van der Waals surface area (Å²) in [6.07, 6.45) is 1.30. The second-order valence-electron chi connectivity index (χ2n) is 2.84. The third-order valence-electron chi connectivity index (χ3n) is 1.87. The molecule has 0 saturated heterocycles. The normalized spacial score (nSPS) is 11.2. The van der Waals surface area contributed by atoms with Gasteiger partial charge in [-0.3, -0.25) is 4.79 Å². The van der Waals surface area contributed by atoms with Crippen molar-refractivity contribution in [1.29, 1.82) is 0 Å². The number of aliphatic carboxylic acids is 1. The molecule has 0 unspecified atom stereocenters. The van der Waals surface area contributed by atoms with Crippen LogP contribution in [-0.2, 0) is 4.79 Å². The van der Waals surface area contributed by atoms with Gasteiger partial charge in [0.15, 0.2) is 5.78 Å². The van der Waals surface area contributed by atoms with Gasteiger partial charge in [0.25, 0.3) is 0 Å². The van der Waals surface area contributed by atoms with Crippen LogP contribution in [0.4, 0.5) is 0 Å². The number of allylic oxidation sites excluding steroid dienone is 1. The minimum absolute atomic E-state index is 0.211. The molecule has 0 aromatic heterocycles. The van der Waals surface area contributed by atoms with E-state index in [0.29, 0.717) is 5.56 Å². The zero-order valence-corrected chi connectivity index (χ0v) is 9.61. The van der Waals surface area contributed by atoms with Crippen molar-refractivity contribution in [2.75, 3.05) is 0 Å². The first-order valence-corrected chi connectivity index (χ1v) is 5.05. The third-order valence-corrected chi connectivity index (χ3v) is 2.40. The van der Waals surface area contributed by atoms with Crippen LogP contribution in [0.15, 0.2) is 40.4 Å². The fourth-order valence-electron chi connectivity index (χ4n) is 1.11. The highest BCUT2D eigenvalue weighted by molar-refractivity contribution is 9.10. The zero-order valence-electron chi connectivity index (χ0n) is 8.03. The molecule has 0 heterocycles. The van der Waals surface area contributed by atoms with E-state index in [1.165, 1.54) is 13.0 Å². The number of rotatable bonds is 3. The molecule has 4 heteroatoms. The molecule has 1 rings (SSSR count). The van der Waals surface area contributed by atoms with E-state index in [-0.39, 0.29) is 5.57 Å². The van der Waals surface area contributed by atoms with Crippen molar-refractivity contribution in [3.63, 3.8) is 0 Å². The van der Waals surface area contributed by atoms with Gasteiger partial charge in [0.2, 0.25) is 0 Å². The maximum atomic E-state index is 11.7. The number of hydrogen-bond acceptors (Lipinski definition) is 2. The highest BCUT2D eigenvalue weighted by Crippen LogP contribution is 2.14. The van der Waals surface area contributed by atoms with Crippen molar-refractivity contribution < 1.29 is 14.7 Å². The number of ketones is 1. The van der Waals surface area contributed by atoms with Gasteiger partial charge in [-0.25, -0.2) is 4.79 Å². The second kappa shape index (κ2) is 4.89. The Morgan fingerprint density at radius 2 is 1.80 bits per heavy atom. The lowest BCUT2D eigenvalue weighted by molar-refractivity contribution is -0.132. The Balaban J connectivity index is 3.04. The fraction of sp³-hybridized carbons (Fsp3) is 0.0909. The minimum atomic E-state index is -1.20. The molecule has 15 heavy (non-hydrogen) atoms. The molecule has 0 radical (unpaired) electrons. The van der Waals surface area contributed by atoms with Gasteiger partial charge in [-0.15, -0.1) is 0 Å². The summed E-state index contributed by atoms with van der Waals surface area (Å²) in [5.41, 5.74) is 0.158. The van der Waals surface area contributed by atoms with E-state index in [2.05, 4.69) is 15.9 Å². The smallest absolute Gasteiger partial charge is 0.339 e. The van der Waals surface area contributed by atoms with E-state index in [1.54, 1.807) is 24.3 Å². The van der Waals surface area contributed by atoms with E-state index >= 15 is 0 Å². The highest BCUT2D eigenvalue weighted by atomic mass is 79.9. The van der Waals surface area contributed by atoms with Gasteiger partial charge in [0.05, 0.1) is 0 Å². The van der Waals surface area contributed by atoms with Gasteiger partial charge in [-0.1, -0.05) is 22.0 Å². The van der Waals surface area contributed by atoms with Crippen molar-refractivity contribution in [1.82, 2.24) is 0 Å². The molecular formula is C11H9BrO3. The predicted octanol–water partition coefficient (Wildman–Crippen LogP) is 2.66. The molecule has 1 N–H and O–H groups in total. The van der Waals surface area contributed by atoms with Crippen LogP contribution in [-0.4, -0.2) is 16.9 Å². The van der Waals surface area contributed by atoms with Gasteiger partial charge < -0.3 is 5.11 Å². The summed E-state index contributed by atoms with van der Waals surface area (Å²) in [7, 11) is 0. The number of halogens is 1. The number of hydrogen-bond donors (Lipinski definition) is 1. The molecule has 0 amide bonds. The van der Waals surface area contributed by atoms with E-state index in [9.17, 15) is 9.59 Å². The van der Waals surface area contributed by atoms with Crippen LogP contribution in [0.3, 0.4) is 0 Å². The first kappa shape index (κ1) is 11.7. The number of carbonyl (C=O) groups excluding carboxylic acids is 1. The molecule has 0 spiro atoms. The topological polar surface area (TPSA) is 54.4 Å². The molecular weight excluding hydrogens is 260 g/mol. The number of carboxylic acids is 1. The van der Waals surface area contributed by atoms with Crippen LogP contribution in [0.2, 0.25) is 0 Å². The Kier molecular flexibility index (Phi) is 3.80. The van der Waals surface area contributed by atoms with E-state index in [0.717, 1.165) is 4.47 Å². The standard InChI is InChI=1S/C11H9BrO3/c1-2-9(11(14)15)10(13)7-3-5-8(12)6-4-7/h2-6H,1H3,(H,14,15)/b9-2+. The van der Waals surface area contributed by atoms with Crippen molar-refractivity contribution in [2.45, 2.75) is 6.92 Å². The number of carbonyl (C=O) groups is 2. The van der Waals surface area contributed by atoms with Gasteiger partial charge in [-0.05, 0) is 31.2 Å². The summed E-state index contributed by atoms with van der Waals surface area (Å²) >= 11 is 3.24. The summed E-state index contributed by atoms with van der Waals surface area (Å²) in [5, 5.41) is 8.76. The zero-order chi connectivity index (χ0) is 11.4. The number of benzene rings is 1. The SMILES string of the molecule is C/C=C(/C(=O)O)C(=O)c1ccc(Br)cc1. The summed E-state index contributed by atoms with van der Waals surface area (Å²) in [6.45, 7) is 1.53. The average Bonchev–Trinajstić information content (AvgIpc) is 2.19. The Morgan fingerprint density at radius 1 is 1.27 bits per heavy atom. The lowest BCUT2D eigenvalue weighted by atomic mass is 10.0. The first-order chi connectivity index (χ1) is 7.06.